The van der Waals surface area contributed by atoms with Crippen molar-refractivity contribution < 1.29 is 27.8 Å². The van der Waals surface area contributed by atoms with Crippen molar-refractivity contribution in [1.82, 2.24) is 19.6 Å². The minimum atomic E-state index is -3.12. The Balaban J connectivity index is 0.000000468. The average Bonchev–Trinajstić information content (AvgIpc) is 3.31. The standard InChI is InChI=1S/C21H20F2N4O3.C5H11NO/c1-21(2,11-24)13-5-6-27-14(10-26-17(27)9-13)12-7-15(29-4)18(19(28)25-3)16(8-12)30-20(22)23;1-6-2-4-7-5-3-6/h5-10,20H,1-4H3,(H,25,28);2-5H2,1H3. The molecular weight excluding hydrogens is 484 g/mol. The van der Waals surface area contributed by atoms with Crippen LogP contribution in [0.3, 0.4) is 0 Å². The van der Waals surface area contributed by atoms with Gasteiger partial charge in [-0.15, -0.1) is 0 Å². The highest BCUT2D eigenvalue weighted by Gasteiger charge is 2.24. The third kappa shape index (κ3) is 6.53. The van der Waals surface area contributed by atoms with Crippen molar-refractivity contribution in [1.29, 1.82) is 5.26 Å². The SMILES string of the molecule is CN1CCOCC1.CNC(=O)c1c(OC)cc(-c2cnc3cc(C(C)(C)C#N)ccn23)cc1OC(F)F. The first kappa shape index (κ1) is 27.8. The molecule has 1 aliphatic rings. The summed E-state index contributed by atoms with van der Waals surface area (Å²) in [7, 11) is 4.83. The smallest absolute Gasteiger partial charge is 0.387 e. The minimum Gasteiger partial charge on any atom is -0.496 e. The fraction of sp³-hybridized carbons (Fsp3) is 0.423. The second-order valence-electron chi connectivity index (χ2n) is 8.95. The fourth-order valence-electron chi connectivity index (χ4n) is 3.74. The van der Waals surface area contributed by atoms with E-state index in [2.05, 4.69) is 33.1 Å². The van der Waals surface area contributed by atoms with Crippen molar-refractivity contribution in [2.75, 3.05) is 47.5 Å². The van der Waals surface area contributed by atoms with E-state index in [-0.39, 0.29) is 17.1 Å². The van der Waals surface area contributed by atoms with Crippen molar-refractivity contribution in [3.05, 3.63) is 47.8 Å². The van der Waals surface area contributed by atoms with Gasteiger partial charge in [0.05, 0.1) is 43.7 Å². The van der Waals surface area contributed by atoms with Gasteiger partial charge in [0.25, 0.3) is 5.91 Å². The molecule has 0 unspecified atom stereocenters. The van der Waals surface area contributed by atoms with Gasteiger partial charge in [0, 0.05) is 31.9 Å². The van der Waals surface area contributed by atoms with Crippen LogP contribution >= 0.6 is 0 Å². The number of benzene rings is 1. The molecule has 3 aromatic rings. The van der Waals surface area contributed by atoms with Crippen LogP contribution in [0.4, 0.5) is 8.78 Å². The predicted octanol–water partition coefficient (Wildman–Crippen LogP) is 3.72. The second kappa shape index (κ2) is 12.0. The molecule has 0 saturated carbocycles. The third-order valence-electron chi connectivity index (χ3n) is 6.00. The molecule has 0 aliphatic carbocycles. The molecule has 11 heteroatoms. The summed E-state index contributed by atoms with van der Waals surface area (Å²) in [5, 5.41) is 11.7. The molecule has 1 fully saturated rings. The van der Waals surface area contributed by atoms with Crippen LogP contribution in [0.25, 0.3) is 16.9 Å². The first-order chi connectivity index (χ1) is 17.6. The molecular formula is C26H31F2N5O4. The first-order valence-electron chi connectivity index (χ1n) is 11.7. The number of hydrogen-bond acceptors (Lipinski definition) is 7. The zero-order valence-corrected chi connectivity index (χ0v) is 21.5. The minimum absolute atomic E-state index is 0.0830. The number of hydrogen-bond donors (Lipinski definition) is 1. The van der Waals surface area contributed by atoms with E-state index in [0.717, 1.165) is 31.9 Å². The van der Waals surface area contributed by atoms with E-state index < -0.39 is 17.9 Å². The molecule has 4 rings (SSSR count). The Kier molecular flexibility index (Phi) is 9.02. The van der Waals surface area contributed by atoms with Gasteiger partial charge in [-0.2, -0.15) is 14.0 Å². The number of likely N-dealkylation sites (N-methyl/N-ethyl adjacent to an activating group) is 1. The molecule has 2 aromatic heterocycles. The number of carbonyl (C=O) groups is 1. The molecule has 1 aromatic carbocycles. The number of carbonyl (C=O) groups excluding carboxylic acids is 1. The monoisotopic (exact) mass is 515 g/mol. The molecule has 0 spiro atoms. The Labute approximate surface area is 214 Å². The molecule has 1 aliphatic heterocycles. The van der Waals surface area contributed by atoms with Gasteiger partial charge in [0.2, 0.25) is 0 Å². The summed E-state index contributed by atoms with van der Waals surface area (Å²) in [6.45, 7) is 4.51. The number of ether oxygens (including phenoxy) is 3. The Morgan fingerprint density at radius 3 is 2.46 bits per heavy atom. The van der Waals surface area contributed by atoms with Crippen LogP contribution in [0.1, 0.15) is 29.8 Å². The lowest BCUT2D eigenvalue weighted by Crippen LogP contribution is -2.32. The molecule has 0 radical (unpaired) electrons. The number of methoxy groups -OCH3 is 1. The summed E-state index contributed by atoms with van der Waals surface area (Å²) in [6, 6.07) is 8.73. The molecule has 0 bridgehead atoms. The number of nitrogens with one attached hydrogen (secondary N) is 1. The quantitative estimate of drug-likeness (QED) is 0.534. The van der Waals surface area contributed by atoms with Crippen LogP contribution < -0.4 is 14.8 Å². The van der Waals surface area contributed by atoms with Gasteiger partial charge < -0.3 is 24.4 Å². The van der Waals surface area contributed by atoms with Gasteiger partial charge in [0.1, 0.15) is 22.7 Å². The van der Waals surface area contributed by atoms with E-state index in [4.69, 9.17) is 9.47 Å². The molecule has 1 N–H and O–H groups in total. The summed E-state index contributed by atoms with van der Waals surface area (Å²) in [5.41, 5.74) is 1.60. The summed E-state index contributed by atoms with van der Waals surface area (Å²) in [5.74, 6) is -0.842. The van der Waals surface area contributed by atoms with Crippen LogP contribution in [-0.4, -0.2) is 74.3 Å². The predicted molar refractivity (Wildman–Crippen MR) is 134 cm³/mol. The number of rotatable bonds is 6. The number of nitrogens with zero attached hydrogens (tertiary/aromatic N) is 4. The lowest BCUT2D eigenvalue weighted by molar-refractivity contribution is -0.0502. The Bertz CT molecular complexity index is 1280. The number of aromatic nitrogens is 2. The van der Waals surface area contributed by atoms with Gasteiger partial charge >= 0.3 is 6.61 Å². The number of imidazole rings is 1. The number of fused-ring (bicyclic) bond motifs is 1. The number of nitriles is 1. The molecule has 0 atom stereocenters. The van der Waals surface area contributed by atoms with Gasteiger partial charge in [-0.25, -0.2) is 4.98 Å². The van der Waals surface area contributed by atoms with Crippen LogP contribution in [0.2, 0.25) is 0 Å². The first-order valence-corrected chi connectivity index (χ1v) is 11.7. The van der Waals surface area contributed by atoms with Crippen molar-refractivity contribution in [3.63, 3.8) is 0 Å². The van der Waals surface area contributed by atoms with Crippen molar-refractivity contribution in [2.24, 2.45) is 0 Å². The van der Waals surface area contributed by atoms with E-state index in [1.807, 2.05) is 0 Å². The summed E-state index contributed by atoms with van der Waals surface area (Å²) in [4.78, 5) is 18.8. The van der Waals surface area contributed by atoms with E-state index >= 15 is 0 Å². The molecule has 3 heterocycles. The highest BCUT2D eigenvalue weighted by Crippen LogP contribution is 2.36. The number of alkyl halides is 2. The summed E-state index contributed by atoms with van der Waals surface area (Å²) >= 11 is 0. The largest absolute Gasteiger partial charge is 0.496 e. The average molecular weight is 516 g/mol. The summed E-state index contributed by atoms with van der Waals surface area (Å²) < 4.78 is 42.7. The van der Waals surface area contributed by atoms with E-state index in [1.54, 1.807) is 48.8 Å². The second-order valence-corrected chi connectivity index (χ2v) is 8.95. The van der Waals surface area contributed by atoms with Crippen LogP contribution in [0.15, 0.2) is 36.7 Å². The molecule has 1 saturated heterocycles. The van der Waals surface area contributed by atoms with Crippen LogP contribution in [-0.2, 0) is 10.2 Å². The van der Waals surface area contributed by atoms with E-state index in [0.29, 0.717) is 16.9 Å². The lowest BCUT2D eigenvalue weighted by Gasteiger charge is -2.21. The van der Waals surface area contributed by atoms with E-state index in [1.165, 1.54) is 20.2 Å². The molecule has 9 nitrogen and oxygen atoms in total. The van der Waals surface area contributed by atoms with Gasteiger partial charge in [-0.3, -0.25) is 9.20 Å². The maximum atomic E-state index is 13.0. The number of amides is 1. The number of halogens is 2. The fourth-order valence-corrected chi connectivity index (χ4v) is 3.74. The highest BCUT2D eigenvalue weighted by molar-refractivity contribution is 6.00. The van der Waals surface area contributed by atoms with Gasteiger partial charge in [-0.05, 0) is 50.7 Å². The zero-order valence-electron chi connectivity index (χ0n) is 21.5. The van der Waals surface area contributed by atoms with E-state index in [9.17, 15) is 18.8 Å². The maximum absolute atomic E-state index is 13.0. The van der Waals surface area contributed by atoms with Crippen molar-refractivity contribution >= 4 is 11.6 Å². The lowest BCUT2D eigenvalue weighted by atomic mass is 9.87. The topological polar surface area (TPSA) is 101 Å². The van der Waals surface area contributed by atoms with Crippen molar-refractivity contribution in [3.8, 4) is 28.8 Å². The normalized spacial score (nSPS) is 14.0. The molecule has 1 amide bonds. The van der Waals surface area contributed by atoms with Gasteiger partial charge in [0.15, 0.2) is 0 Å². The Morgan fingerprint density at radius 1 is 1.24 bits per heavy atom. The Hall–Kier alpha value is -3.75. The molecule has 37 heavy (non-hydrogen) atoms. The van der Waals surface area contributed by atoms with Gasteiger partial charge in [-0.1, -0.05) is 0 Å². The van der Waals surface area contributed by atoms with Crippen molar-refractivity contribution in [2.45, 2.75) is 25.9 Å². The maximum Gasteiger partial charge on any atom is 0.387 e. The van der Waals surface area contributed by atoms with Crippen LogP contribution in [0, 0.1) is 11.3 Å². The highest BCUT2D eigenvalue weighted by atomic mass is 19.3. The Morgan fingerprint density at radius 2 is 1.92 bits per heavy atom. The zero-order chi connectivity index (χ0) is 27.2. The number of pyridine rings is 1. The summed E-state index contributed by atoms with van der Waals surface area (Å²) in [6.07, 6.45) is 3.32. The molecule has 198 valence electrons. The number of morpholine rings is 1. The third-order valence-corrected chi connectivity index (χ3v) is 6.00. The van der Waals surface area contributed by atoms with Crippen LogP contribution in [0.5, 0.6) is 11.5 Å².